The molecule has 0 saturated carbocycles. The summed E-state index contributed by atoms with van der Waals surface area (Å²) in [5.41, 5.74) is 0. The number of aliphatic hydroxyl groups excluding tert-OH is 5. The Morgan fingerprint density at radius 3 is 2.06 bits per heavy atom. The van der Waals surface area contributed by atoms with Gasteiger partial charge in [-0.25, -0.2) is 0 Å². The SMILES string of the molecule is CO[C@@H]1[C@@H](NC(C)=O)[C@H](O)[O+](N)[C@H](CO)[C@H]1O[C@@H]1O[C@H](CO)[C@@H](O)[C@H](O)[C@H]1NC(C)=O. The van der Waals surface area contributed by atoms with Gasteiger partial charge in [0.15, 0.2) is 18.4 Å². The van der Waals surface area contributed by atoms with Crippen LogP contribution in [-0.2, 0) is 28.3 Å². The molecule has 2 fully saturated rings. The lowest BCUT2D eigenvalue weighted by Gasteiger charge is -2.47. The van der Waals surface area contributed by atoms with Crippen molar-refractivity contribution in [2.75, 3.05) is 20.3 Å². The Labute approximate surface area is 178 Å². The van der Waals surface area contributed by atoms with E-state index in [-0.39, 0.29) is 0 Å². The monoisotopic (exact) mass is 454 g/mol. The van der Waals surface area contributed by atoms with Crippen LogP contribution >= 0.6 is 0 Å². The maximum absolute atomic E-state index is 11.6. The van der Waals surface area contributed by atoms with Gasteiger partial charge in [0, 0.05) is 21.0 Å². The summed E-state index contributed by atoms with van der Waals surface area (Å²) in [6.07, 6.45) is -10.6. The molecular formula is C17H32N3O11+. The van der Waals surface area contributed by atoms with E-state index in [1.807, 2.05) is 4.47 Å². The molecule has 0 spiro atoms. The van der Waals surface area contributed by atoms with Crippen LogP contribution in [0.3, 0.4) is 0 Å². The van der Waals surface area contributed by atoms with Gasteiger partial charge in [0.1, 0.15) is 37.1 Å². The van der Waals surface area contributed by atoms with E-state index in [2.05, 4.69) is 10.6 Å². The van der Waals surface area contributed by atoms with Crippen molar-refractivity contribution < 1.29 is 53.8 Å². The van der Waals surface area contributed by atoms with Crippen LogP contribution in [-0.4, -0.2) is 119 Å². The summed E-state index contributed by atoms with van der Waals surface area (Å²) in [4.78, 5) is 23.2. The molecular weight excluding hydrogens is 422 g/mol. The predicted molar refractivity (Wildman–Crippen MR) is 101 cm³/mol. The lowest BCUT2D eigenvalue weighted by atomic mass is 9.94. The summed E-state index contributed by atoms with van der Waals surface area (Å²) in [5.74, 6) is 4.79. The number of aliphatic hydroxyl groups is 5. The minimum absolute atomic E-state index is 0.495. The zero-order valence-electron chi connectivity index (χ0n) is 17.5. The molecule has 180 valence electrons. The Balaban J connectivity index is 2.38. The van der Waals surface area contributed by atoms with E-state index in [0.29, 0.717) is 0 Å². The number of amides is 2. The largest absolute Gasteiger partial charge is 0.394 e. The lowest BCUT2D eigenvalue weighted by molar-refractivity contribution is -0.402. The third-order valence-corrected chi connectivity index (χ3v) is 5.34. The van der Waals surface area contributed by atoms with E-state index in [0.717, 1.165) is 0 Å². The molecule has 2 aliphatic rings. The zero-order valence-corrected chi connectivity index (χ0v) is 17.5. The minimum atomic E-state index is -1.56. The maximum atomic E-state index is 11.6. The zero-order chi connectivity index (χ0) is 23.5. The standard InChI is InChI=1S/C17H31N3O11/c1-6(23)19-10-13(26)12(25)8(4-21)29-17(10)30-14-9(5-22)31(18)16(27)11(15(14)28-3)20-7(2)24/h8-17,21-22,25-27H,4-5,18H2,1-3H3,(H-,19,20,23,24)/p+1/t8-,9-,10-,11-,12-,13-,14-,15-,16-,17+/m1/s1. The second-order valence-electron chi connectivity index (χ2n) is 7.48. The number of carbonyl (C=O) groups excluding carboxylic acids is 2. The van der Waals surface area contributed by atoms with Gasteiger partial charge in [0.25, 0.3) is 0 Å². The van der Waals surface area contributed by atoms with E-state index in [1.165, 1.54) is 21.0 Å². The van der Waals surface area contributed by atoms with Gasteiger partial charge in [-0.2, -0.15) is 0 Å². The van der Waals surface area contributed by atoms with Crippen LogP contribution in [0.25, 0.3) is 0 Å². The molecule has 0 bridgehead atoms. The topological polar surface area (TPSA) is 216 Å². The van der Waals surface area contributed by atoms with E-state index in [4.69, 9.17) is 20.1 Å². The van der Waals surface area contributed by atoms with Gasteiger partial charge in [-0.1, -0.05) is 5.90 Å². The highest BCUT2D eigenvalue weighted by Gasteiger charge is 2.57. The van der Waals surface area contributed by atoms with E-state index >= 15 is 0 Å². The first kappa shape index (κ1) is 25.8. The molecule has 2 saturated heterocycles. The summed E-state index contributed by atoms with van der Waals surface area (Å²) < 4.78 is 18.7. The van der Waals surface area contributed by atoms with E-state index in [1.54, 1.807) is 0 Å². The molecule has 31 heavy (non-hydrogen) atoms. The summed E-state index contributed by atoms with van der Waals surface area (Å²) in [7, 11) is 1.29. The smallest absolute Gasteiger partial charge is 0.309 e. The Hall–Kier alpha value is -1.46. The summed E-state index contributed by atoms with van der Waals surface area (Å²) >= 11 is 0. The minimum Gasteiger partial charge on any atom is -0.394 e. The molecule has 14 nitrogen and oxygen atoms in total. The van der Waals surface area contributed by atoms with Crippen molar-refractivity contribution in [3.05, 3.63) is 0 Å². The van der Waals surface area contributed by atoms with Crippen LogP contribution in [0.15, 0.2) is 0 Å². The van der Waals surface area contributed by atoms with Crippen LogP contribution in [0.5, 0.6) is 0 Å². The van der Waals surface area contributed by atoms with Crippen LogP contribution in [0, 0.1) is 0 Å². The molecule has 2 heterocycles. The Morgan fingerprint density at radius 2 is 1.58 bits per heavy atom. The molecule has 9 N–H and O–H groups in total. The van der Waals surface area contributed by atoms with E-state index in [9.17, 15) is 35.1 Å². The van der Waals surface area contributed by atoms with Gasteiger partial charge in [0.2, 0.25) is 17.9 Å². The van der Waals surface area contributed by atoms with Crippen molar-refractivity contribution >= 4 is 11.8 Å². The van der Waals surface area contributed by atoms with Crippen molar-refractivity contribution in [1.82, 2.24) is 10.6 Å². The number of hydrogen-bond donors (Lipinski definition) is 8. The van der Waals surface area contributed by atoms with Crippen molar-refractivity contribution in [3.8, 4) is 0 Å². The molecule has 2 rings (SSSR count). The number of carbonyl (C=O) groups is 2. The van der Waals surface area contributed by atoms with Crippen molar-refractivity contribution in [3.63, 3.8) is 0 Å². The number of rotatable bonds is 7. The van der Waals surface area contributed by atoms with Crippen LogP contribution < -0.4 is 16.5 Å². The molecule has 14 heteroatoms. The first-order valence-corrected chi connectivity index (χ1v) is 9.67. The van der Waals surface area contributed by atoms with Gasteiger partial charge < -0.3 is 50.4 Å². The average Bonchev–Trinajstić information content (AvgIpc) is 2.71. The van der Waals surface area contributed by atoms with Gasteiger partial charge >= 0.3 is 6.29 Å². The highest BCUT2D eigenvalue weighted by molar-refractivity contribution is 5.73. The number of nitrogens with one attached hydrogen (secondary N) is 2. The molecule has 0 aromatic carbocycles. The number of methoxy groups -OCH3 is 1. The highest BCUT2D eigenvalue weighted by Crippen LogP contribution is 2.31. The van der Waals surface area contributed by atoms with Gasteiger partial charge in [0.05, 0.1) is 6.61 Å². The second kappa shape index (κ2) is 10.9. The normalized spacial score (nSPS) is 41.6. The van der Waals surface area contributed by atoms with E-state index < -0.39 is 86.3 Å². The Morgan fingerprint density at radius 1 is 1.00 bits per heavy atom. The third-order valence-electron chi connectivity index (χ3n) is 5.34. The van der Waals surface area contributed by atoms with Gasteiger partial charge in [-0.05, 0) is 0 Å². The molecule has 0 aromatic rings. The summed E-state index contributed by atoms with van der Waals surface area (Å²) in [5, 5.41) is 55.3. The lowest BCUT2D eigenvalue weighted by Crippen LogP contribution is -2.72. The molecule has 2 aliphatic heterocycles. The van der Waals surface area contributed by atoms with Crippen LogP contribution in [0.1, 0.15) is 13.8 Å². The molecule has 0 unspecified atom stereocenters. The fourth-order valence-corrected chi connectivity index (χ4v) is 3.85. The van der Waals surface area contributed by atoms with Gasteiger partial charge in [-0.3, -0.25) is 14.1 Å². The number of ether oxygens (including phenoxy) is 3. The Kier molecular flexibility index (Phi) is 9.08. The Bertz CT molecular complexity index is 626. The first-order chi connectivity index (χ1) is 14.6. The third kappa shape index (κ3) is 5.48. The molecule has 0 aliphatic carbocycles. The molecule has 0 aromatic heterocycles. The summed E-state index contributed by atoms with van der Waals surface area (Å²) in [6.45, 7) is 1.13. The van der Waals surface area contributed by atoms with Crippen molar-refractivity contribution in [2.45, 2.75) is 75.1 Å². The van der Waals surface area contributed by atoms with Gasteiger partial charge in [-0.15, -0.1) is 0 Å². The van der Waals surface area contributed by atoms with Crippen LogP contribution in [0.2, 0.25) is 0 Å². The fourth-order valence-electron chi connectivity index (χ4n) is 3.85. The predicted octanol–water partition coefficient (Wildman–Crippen LogP) is -5.05. The average molecular weight is 454 g/mol. The highest BCUT2D eigenvalue weighted by atomic mass is 16.9. The number of hydrogen-bond acceptors (Lipinski definition) is 11. The molecule has 10 atom stereocenters. The fraction of sp³-hybridized carbons (Fsp3) is 0.882. The second-order valence-corrected chi connectivity index (χ2v) is 7.48. The number of nitrogens with two attached hydrogens (primary N) is 1. The summed E-state index contributed by atoms with van der Waals surface area (Å²) in [6, 6.07) is -2.35. The quantitative estimate of drug-likeness (QED) is 0.170. The van der Waals surface area contributed by atoms with Crippen molar-refractivity contribution in [1.29, 1.82) is 0 Å². The van der Waals surface area contributed by atoms with Crippen LogP contribution in [0.4, 0.5) is 0 Å². The van der Waals surface area contributed by atoms with Crippen molar-refractivity contribution in [2.24, 2.45) is 5.90 Å². The molecule has 0 radical (unpaired) electrons. The first-order valence-electron chi connectivity index (χ1n) is 9.67. The molecule has 2 amide bonds. The maximum Gasteiger partial charge on any atom is 0.309 e.